The number of hydrogen-bond acceptors (Lipinski definition) is 4. The zero-order valence-electron chi connectivity index (χ0n) is 12.3. The first-order valence-electron chi connectivity index (χ1n) is 7.04. The third kappa shape index (κ3) is 2.40. The summed E-state index contributed by atoms with van der Waals surface area (Å²) in [6.45, 7) is 0. The Bertz CT molecular complexity index is 983. The van der Waals surface area contributed by atoms with Crippen LogP contribution in [0.2, 0.25) is 0 Å². The fourth-order valence-corrected chi connectivity index (χ4v) is 3.30. The van der Waals surface area contributed by atoms with Crippen LogP contribution >= 0.6 is 11.3 Å². The van der Waals surface area contributed by atoms with E-state index in [2.05, 4.69) is 20.5 Å². The van der Waals surface area contributed by atoms with Crippen LogP contribution in [0, 0.1) is 0 Å². The fourth-order valence-electron chi connectivity index (χ4n) is 2.42. The number of nitrogens with zero attached hydrogens (tertiary/aromatic N) is 3. The highest BCUT2D eigenvalue weighted by Gasteiger charge is 2.14. The lowest BCUT2D eigenvalue weighted by Gasteiger charge is -2.03. The Balaban J connectivity index is 1.61. The van der Waals surface area contributed by atoms with Crippen molar-refractivity contribution in [2.75, 3.05) is 5.32 Å². The van der Waals surface area contributed by atoms with E-state index >= 15 is 0 Å². The highest BCUT2D eigenvalue weighted by molar-refractivity contribution is 7.17. The number of anilines is 1. The van der Waals surface area contributed by atoms with Gasteiger partial charge < -0.3 is 4.57 Å². The smallest absolute Gasteiger partial charge is 0.268 e. The molecule has 7 heteroatoms. The standard InChI is InChI=1S/C16H13N5OS/c1-21-12-5-3-2-4-11(12)19-16(21)20-15(22)14-7-6-13(23-14)10-8-17-18-9-10/h2-9H,1H3,(H,17,18)(H,19,20,22). The van der Waals surface area contributed by atoms with Crippen molar-refractivity contribution in [1.29, 1.82) is 0 Å². The van der Waals surface area contributed by atoms with E-state index in [0.29, 0.717) is 10.8 Å². The molecule has 0 saturated heterocycles. The normalized spacial score (nSPS) is 11.0. The Kier molecular flexibility index (Phi) is 3.20. The maximum atomic E-state index is 12.4. The third-order valence-electron chi connectivity index (χ3n) is 3.63. The van der Waals surface area contributed by atoms with Crippen molar-refractivity contribution in [3.8, 4) is 10.4 Å². The maximum Gasteiger partial charge on any atom is 0.268 e. The summed E-state index contributed by atoms with van der Waals surface area (Å²) < 4.78 is 1.87. The van der Waals surface area contributed by atoms with Gasteiger partial charge in [-0.1, -0.05) is 12.1 Å². The van der Waals surface area contributed by atoms with Crippen LogP contribution in [-0.2, 0) is 7.05 Å². The van der Waals surface area contributed by atoms with Crippen LogP contribution in [-0.4, -0.2) is 25.7 Å². The summed E-state index contributed by atoms with van der Waals surface area (Å²) in [4.78, 5) is 18.5. The molecule has 3 heterocycles. The van der Waals surface area contributed by atoms with Gasteiger partial charge in [0.05, 0.1) is 22.1 Å². The number of amides is 1. The third-order valence-corrected chi connectivity index (χ3v) is 4.76. The van der Waals surface area contributed by atoms with Gasteiger partial charge in [-0.15, -0.1) is 11.3 Å². The van der Waals surface area contributed by atoms with Crippen molar-refractivity contribution >= 4 is 34.2 Å². The van der Waals surface area contributed by atoms with Crippen LogP contribution in [0.1, 0.15) is 9.67 Å². The first-order valence-corrected chi connectivity index (χ1v) is 7.86. The molecular weight excluding hydrogens is 310 g/mol. The Hall–Kier alpha value is -2.93. The summed E-state index contributed by atoms with van der Waals surface area (Å²) in [6.07, 6.45) is 3.54. The summed E-state index contributed by atoms with van der Waals surface area (Å²) in [6, 6.07) is 11.5. The molecule has 0 fully saturated rings. The number of aryl methyl sites for hydroxylation is 1. The molecule has 114 valence electrons. The number of H-pyrrole nitrogens is 1. The lowest BCUT2D eigenvalue weighted by Crippen LogP contribution is -2.13. The quantitative estimate of drug-likeness (QED) is 0.607. The van der Waals surface area contributed by atoms with Gasteiger partial charge in [0.1, 0.15) is 0 Å². The lowest BCUT2D eigenvalue weighted by atomic mass is 10.3. The number of thiophene rings is 1. The van der Waals surface area contributed by atoms with Gasteiger partial charge in [-0.05, 0) is 24.3 Å². The summed E-state index contributed by atoms with van der Waals surface area (Å²) >= 11 is 1.42. The van der Waals surface area contributed by atoms with E-state index in [1.54, 1.807) is 12.4 Å². The number of rotatable bonds is 3. The molecule has 0 spiro atoms. The maximum absolute atomic E-state index is 12.4. The van der Waals surface area contributed by atoms with Crippen molar-refractivity contribution in [2.45, 2.75) is 0 Å². The Labute approximate surface area is 135 Å². The topological polar surface area (TPSA) is 75.6 Å². The number of fused-ring (bicyclic) bond motifs is 1. The van der Waals surface area contributed by atoms with Crippen molar-refractivity contribution in [3.63, 3.8) is 0 Å². The molecule has 3 aromatic heterocycles. The van der Waals surface area contributed by atoms with Gasteiger partial charge in [-0.25, -0.2) is 4.98 Å². The Morgan fingerprint density at radius 1 is 1.26 bits per heavy atom. The number of nitrogens with one attached hydrogen (secondary N) is 2. The van der Waals surface area contributed by atoms with Crippen LogP contribution in [0.25, 0.3) is 21.5 Å². The highest BCUT2D eigenvalue weighted by atomic mass is 32.1. The molecule has 4 rings (SSSR count). The number of aromatic amines is 1. The fraction of sp³-hybridized carbons (Fsp3) is 0.0625. The zero-order valence-corrected chi connectivity index (χ0v) is 13.1. The number of imidazole rings is 1. The van der Waals surface area contributed by atoms with Crippen LogP contribution in [0.5, 0.6) is 0 Å². The molecule has 0 unspecified atom stereocenters. The van der Waals surface area contributed by atoms with Crippen molar-refractivity contribution in [2.24, 2.45) is 7.05 Å². The number of carbonyl (C=O) groups excluding carboxylic acids is 1. The van der Waals surface area contributed by atoms with Crippen molar-refractivity contribution < 1.29 is 4.79 Å². The molecule has 2 N–H and O–H groups in total. The Morgan fingerprint density at radius 3 is 2.91 bits per heavy atom. The van der Waals surface area contributed by atoms with Gasteiger partial charge in [0.15, 0.2) is 0 Å². The van der Waals surface area contributed by atoms with Crippen LogP contribution in [0.4, 0.5) is 5.95 Å². The molecule has 23 heavy (non-hydrogen) atoms. The van der Waals surface area contributed by atoms with E-state index in [4.69, 9.17) is 0 Å². The largest absolute Gasteiger partial charge is 0.313 e. The molecule has 0 radical (unpaired) electrons. The average molecular weight is 323 g/mol. The molecule has 1 amide bonds. The predicted molar refractivity (Wildman–Crippen MR) is 90.6 cm³/mol. The number of carbonyl (C=O) groups is 1. The van der Waals surface area contributed by atoms with Crippen LogP contribution < -0.4 is 5.32 Å². The summed E-state index contributed by atoms with van der Waals surface area (Å²) in [7, 11) is 1.89. The van der Waals surface area contributed by atoms with E-state index in [9.17, 15) is 4.79 Å². The van der Waals surface area contributed by atoms with Gasteiger partial charge in [0.2, 0.25) is 5.95 Å². The molecular formula is C16H13N5OS. The van der Waals surface area contributed by atoms with Gasteiger partial charge in [-0.3, -0.25) is 15.2 Å². The Morgan fingerprint density at radius 2 is 2.13 bits per heavy atom. The van der Waals surface area contributed by atoms with E-state index in [1.165, 1.54) is 11.3 Å². The predicted octanol–water partition coefficient (Wildman–Crippen LogP) is 3.28. The molecule has 0 saturated carbocycles. The van der Waals surface area contributed by atoms with Gasteiger partial charge >= 0.3 is 0 Å². The average Bonchev–Trinajstić information content (AvgIpc) is 3.28. The van der Waals surface area contributed by atoms with Gasteiger partial charge in [-0.2, -0.15) is 5.10 Å². The molecule has 4 aromatic rings. The first kappa shape index (κ1) is 13.7. The molecule has 0 bridgehead atoms. The van der Waals surface area contributed by atoms with Crippen LogP contribution in [0.15, 0.2) is 48.8 Å². The van der Waals surface area contributed by atoms with Crippen molar-refractivity contribution in [1.82, 2.24) is 19.7 Å². The minimum atomic E-state index is -0.164. The van der Waals surface area contributed by atoms with E-state index < -0.39 is 0 Å². The van der Waals surface area contributed by atoms with Crippen molar-refractivity contribution in [3.05, 3.63) is 53.7 Å². The zero-order chi connectivity index (χ0) is 15.8. The SMILES string of the molecule is Cn1c(NC(=O)c2ccc(-c3cn[nH]c3)s2)nc2ccccc21. The summed E-state index contributed by atoms with van der Waals surface area (Å²) in [5.41, 5.74) is 2.81. The van der Waals surface area contributed by atoms with Crippen LogP contribution in [0.3, 0.4) is 0 Å². The molecule has 1 aromatic carbocycles. The molecule has 0 aliphatic heterocycles. The summed E-state index contributed by atoms with van der Waals surface area (Å²) in [5, 5.41) is 9.57. The van der Waals surface area contributed by atoms with E-state index in [-0.39, 0.29) is 5.91 Å². The molecule has 0 aliphatic carbocycles. The second-order valence-corrected chi connectivity index (χ2v) is 6.17. The molecule has 6 nitrogen and oxygen atoms in total. The number of para-hydroxylation sites is 2. The van der Waals surface area contributed by atoms with Gasteiger partial charge in [0, 0.05) is 23.7 Å². The monoisotopic (exact) mass is 323 g/mol. The first-order chi connectivity index (χ1) is 11.2. The number of benzene rings is 1. The van der Waals surface area contributed by atoms with Gasteiger partial charge in [0.25, 0.3) is 5.91 Å². The number of hydrogen-bond donors (Lipinski definition) is 2. The van der Waals surface area contributed by atoms with E-state index in [1.807, 2.05) is 48.0 Å². The van der Waals surface area contributed by atoms with E-state index in [0.717, 1.165) is 21.5 Å². The highest BCUT2D eigenvalue weighted by Crippen LogP contribution is 2.28. The second-order valence-electron chi connectivity index (χ2n) is 5.09. The second kappa shape index (κ2) is 5.36. The minimum Gasteiger partial charge on any atom is -0.313 e. The number of aromatic nitrogens is 4. The minimum absolute atomic E-state index is 0.164. The molecule has 0 atom stereocenters. The lowest BCUT2D eigenvalue weighted by molar-refractivity contribution is 0.102. The summed E-state index contributed by atoms with van der Waals surface area (Å²) in [5.74, 6) is 0.373. The molecule has 0 aliphatic rings.